The van der Waals surface area contributed by atoms with Crippen LogP contribution < -0.4 is 4.74 Å². The number of fused-ring (bicyclic) bond motifs is 1. The number of carbonyl (C=O) groups excluding carboxylic acids is 1. The number of ether oxygens (including phenoxy) is 2. The van der Waals surface area contributed by atoms with Crippen molar-refractivity contribution < 1.29 is 14.3 Å². The van der Waals surface area contributed by atoms with Crippen molar-refractivity contribution in [2.45, 2.75) is 0 Å². The first kappa shape index (κ1) is 14.0. The lowest BCUT2D eigenvalue weighted by Crippen LogP contribution is -2.39. The standard InChI is InChI=1S/C15H16N2O3S/c1-19-15-16-12-4-2-11(10-13(12)21-15)3-5-14(18)17-6-8-20-9-7-17/h2-5,10H,6-9H2,1H3/b5-3+. The predicted octanol–water partition coefficient (Wildman–Crippen LogP) is 2.18. The molecule has 1 amide bonds. The van der Waals surface area contributed by atoms with E-state index in [2.05, 4.69) is 4.98 Å². The molecule has 0 spiro atoms. The topological polar surface area (TPSA) is 51.7 Å². The molecule has 21 heavy (non-hydrogen) atoms. The van der Waals surface area contributed by atoms with Gasteiger partial charge in [0.2, 0.25) is 5.91 Å². The van der Waals surface area contributed by atoms with E-state index < -0.39 is 0 Å². The fourth-order valence-corrected chi connectivity index (χ4v) is 3.00. The highest BCUT2D eigenvalue weighted by Gasteiger charge is 2.13. The van der Waals surface area contributed by atoms with E-state index in [1.54, 1.807) is 18.1 Å². The summed E-state index contributed by atoms with van der Waals surface area (Å²) >= 11 is 1.49. The number of morpholine rings is 1. The van der Waals surface area contributed by atoms with E-state index in [0.717, 1.165) is 15.8 Å². The van der Waals surface area contributed by atoms with Crippen LogP contribution in [0.3, 0.4) is 0 Å². The maximum atomic E-state index is 12.0. The molecule has 0 atom stereocenters. The van der Waals surface area contributed by atoms with Gasteiger partial charge in [0, 0.05) is 19.2 Å². The molecule has 1 fully saturated rings. The molecule has 0 bridgehead atoms. The van der Waals surface area contributed by atoms with Crippen molar-refractivity contribution >= 4 is 33.5 Å². The summed E-state index contributed by atoms with van der Waals surface area (Å²) in [7, 11) is 1.61. The van der Waals surface area contributed by atoms with E-state index in [4.69, 9.17) is 9.47 Å². The van der Waals surface area contributed by atoms with Crippen molar-refractivity contribution in [3.05, 3.63) is 29.8 Å². The van der Waals surface area contributed by atoms with Gasteiger partial charge in [0.1, 0.15) is 0 Å². The SMILES string of the molecule is COc1nc2ccc(/C=C/C(=O)N3CCOCC3)cc2s1. The number of amides is 1. The highest BCUT2D eigenvalue weighted by molar-refractivity contribution is 7.20. The van der Waals surface area contributed by atoms with Gasteiger partial charge < -0.3 is 14.4 Å². The number of rotatable bonds is 3. The Morgan fingerprint density at radius 2 is 2.24 bits per heavy atom. The van der Waals surface area contributed by atoms with Crippen molar-refractivity contribution in [2.75, 3.05) is 33.4 Å². The normalized spacial score (nSPS) is 15.8. The zero-order chi connectivity index (χ0) is 14.7. The van der Waals surface area contributed by atoms with Crippen LogP contribution in [-0.2, 0) is 9.53 Å². The molecule has 1 saturated heterocycles. The molecule has 1 aromatic carbocycles. The van der Waals surface area contributed by atoms with Crippen molar-refractivity contribution in [1.82, 2.24) is 9.88 Å². The van der Waals surface area contributed by atoms with Gasteiger partial charge in [-0.05, 0) is 23.8 Å². The first-order valence-corrected chi connectivity index (χ1v) is 7.57. The third kappa shape index (κ3) is 3.22. The Hall–Kier alpha value is -1.92. The molecule has 2 heterocycles. The van der Waals surface area contributed by atoms with E-state index in [0.29, 0.717) is 31.5 Å². The van der Waals surface area contributed by atoms with Crippen LogP contribution in [0.15, 0.2) is 24.3 Å². The lowest BCUT2D eigenvalue weighted by Gasteiger charge is -2.25. The van der Waals surface area contributed by atoms with Gasteiger partial charge in [-0.15, -0.1) is 0 Å². The molecule has 2 aromatic rings. The molecule has 110 valence electrons. The molecule has 0 radical (unpaired) electrons. The van der Waals surface area contributed by atoms with Crippen LogP contribution >= 0.6 is 11.3 Å². The quantitative estimate of drug-likeness (QED) is 0.816. The fraction of sp³-hybridized carbons (Fsp3) is 0.333. The average Bonchev–Trinajstić information content (AvgIpc) is 2.95. The van der Waals surface area contributed by atoms with Gasteiger partial charge in [-0.1, -0.05) is 17.4 Å². The first-order valence-electron chi connectivity index (χ1n) is 6.75. The van der Waals surface area contributed by atoms with Crippen LogP contribution in [0.2, 0.25) is 0 Å². The number of thiazole rings is 1. The van der Waals surface area contributed by atoms with Crippen molar-refractivity contribution in [1.29, 1.82) is 0 Å². The largest absolute Gasteiger partial charge is 0.473 e. The Bertz CT molecular complexity index is 675. The van der Waals surface area contributed by atoms with Gasteiger partial charge in [0.15, 0.2) is 0 Å². The molecule has 1 aromatic heterocycles. The molecule has 3 rings (SSSR count). The molecule has 0 N–H and O–H groups in total. The van der Waals surface area contributed by atoms with Crippen LogP contribution in [0.4, 0.5) is 0 Å². The summed E-state index contributed by atoms with van der Waals surface area (Å²) < 4.78 is 11.4. The summed E-state index contributed by atoms with van der Waals surface area (Å²) in [4.78, 5) is 18.2. The summed E-state index contributed by atoms with van der Waals surface area (Å²) in [5.74, 6) is 0.0280. The number of hydrogen-bond acceptors (Lipinski definition) is 5. The fourth-order valence-electron chi connectivity index (χ4n) is 2.17. The Morgan fingerprint density at radius 1 is 1.43 bits per heavy atom. The van der Waals surface area contributed by atoms with Crippen LogP contribution in [0, 0.1) is 0 Å². The summed E-state index contributed by atoms with van der Waals surface area (Å²) in [6.45, 7) is 2.56. The minimum Gasteiger partial charge on any atom is -0.473 e. The van der Waals surface area contributed by atoms with Crippen LogP contribution in [-0.4, -0.2) is 49.2 Å². The molecular weight excluding hydrogens is 288 g/mol. The van der Waals surface area contributed by atoms with E-state index in [9.17, 15) is 4.79 Å². The maximum absolute atomic E-state index is 12.0. The molecule has 0 unspecified atom stereocenters. The third-order valence-corrected chi connectivity index (χ3v) is 4.29. The second kappa shape index (κ2) is 6.24. The summed E-state index contributed by atoms with van der Waals surface area (Å²) in [6.07, 6.45) is 3.45. The number of nitrogens with zero attached hydrogens (tertiary/aromatic N) is 2. The molecule has 6 heteroatoms. The summed E-state index contributed by atoms with van der Waals surface area (Å²) in [6, 6.07) is 5.90. The summed E-state index contributed by atoms with van der Waals surface area (Å²) in [5, 5.41) is 0.649. The molecule has 5 nitrogen and oxygen atoms in total. The number of benzene rings is 1. The predicted molar refractivity (Wildman–Crippen MR) is 82.6 cm³/mol. The van der Waals surface area contributed by atoms with Gasteiger partial charge in [0.25, 0.3) is 5.19 Å². The van der Waals surface area contributed by atoms with Crippen LogP contribution in [0.1, 0.15) is 5.56 Å². The van der Waals surface area contributed by atoms with Crippen molar-refractivity contribution in [3.8, 4) is 5.19 Å². The number of methoxy groups -OCH3 is 1. The Labute approximate surface area is 126 Å². The maximum Gasteiger partial charge on any atom is 0.274 e. The summed E-state index contributed by atoms with van der Waals surface area (Å²) in [5.41, 5.74) is 1.89. The van der Waals surface area contributed by atoms with E-state index in [1.807, 2.05) is 24.3 Å². The zero-order valence-electron chi connectivity index (χ0n) is 11.7. The van der Waals surface area contributed by atoms with Crippen molar-refractivity contribution in [3.63, 3.8) is 0 Å². The number of carbonyl (C=O) groups is 1. The minimum atomic E-state index is 0.0280. The van der Waals surface area contributed by atoms with Gasteiger partial charge in [-0.3, -0.25) is 4.79 Å². The van der Waals surface area contributed by atoms with E-state index >= 15 is 0 Å². The molecular formula is C15H16N2O3S. The van der Waals surface area contributed by atoms with Crippen LogP contribution in [0.5, 0.6) is 5.19 Å². The van der Waals surface area contributed by atoms with Gasteiger partial charge in [-0.25, -0.2) is 4.98 Å². The second-order valence-electron chi connectivity index (χ2n) is 4.68. The van der Waals surface area contributed by atoms with Gasteiger partial charge in [-0.2, -0.15) is 0 Å². The molecule has 1 aliphatic heterocycles. The highest BCUT2D eigenvalue weighted by atomic mass is 32.1. The number of aromatic nitrogens is 1. The van der Waals surface area contributed by atoms with Gasteiger partial charge >= 0.3 is 0 Å². The first-order chi connectivity index (χ1) is 10.3. The van der Waals surface area contributed by atoms with E-state index in [1.165, 1.54) is 11.3 Å². The third-order valence-electron chi connectivity index (χ3n) is 3.31. The Morgan fingerprint density at radius 3 is 3.00 bits per heavy atom. The second-order valence-corrected chi connectivity index (χ2v) is 5.68. The highest BCUT2D eigenvalue weighted by Crippen LogP contribution is 2.28. The number of hydrogen-bond donors (Lipinski definition) is 0. The lowest BCUT2D eigenvalue weighted by atomic mass is 10.2. The van der Waals surface area contributed by atoms with Crippen molar-refractivity contribution in [2.24, 2.45) is 0 Å². The van der Waals surface area contributed by atoms with Crippen LogP contribution in [0.25, 0.3) is 16.3 Å². The Kier molecular flexibility index (Phi) is 4.17. The van der Waals surface area contributed by atoms with E-state index in [-0.39, 0.29) is 5.91 Å². The zero-order valence-corrected chi connectivity index (χ0v) is 12.6. The smallest absolute Gasteiger partial charge is 0.274 e. The van der Waals surface area contributed by atoms with Gasteiger partial charge in [0.05, 0.1) is 30.5 Å². The molecule has 0 saturated carbocycles. The lowest BCUT2D eigenvalue weighted by molar-refractivity contribution is -0.129. The molecule has 1 aliphatic rings. The molecule has 0 aliphatic carbocycles. The Balaban J connectivity index is 1.74. The minimum absolute atomic E-state index is 0.0280. The average molecular weight is 304 g/mol. The monoisotopic (exact) mass is 304 g/mol.